The van der Waals surface area contributed by atoms with Crippen LogP contribution in [0.5, 0.6) is 0 Å². The van der Waals surface area contributed by atoms with Gasteiger partial charge in [-0.1, -0.05) is 44.4 Å². The second kappa shape index (κ2) is 8.94. The van der Waals surface area contributed by atoms with Crippen LogP contribution < -0.4 is 5.32 Å². The Morgan fingerprint density at radius 3 is 2.54 bits per heavy atom. The summed E-state index contributed by atoms with van der Waals surface area (Å²) >= 11 is 1.80. The first-order valence-electron chi connectivity index (χ1n) is 9.91. The zero-order valence-electron chi connectivity index (χ0n) is 15.8. The summed E-state index contributed by atoms with van der Waals surface area (Å²) in [6, 6.07) is 9.17. The average molecular weight is 375 g/mol. The largest absolute Gasteiger partial charge is 0.352 e. The molecule has 2 amide bonds. The number of nitrogens with zero attached hydrogens (tertiary/aromatic N) is 1. The molecule has 3 rings (SSSR count). The van der Waals surface area contributed by atoms with Crippen LogP contribution in [0.25, 0.3) is 0 Å². The van der Waals surface area contributed by atoms with Crippen molar-refractivity contribution in [2.75, 3.05) is 5.75 Å². The number of benzene rings is 1. The lowest BCUT2D eigenvalue weighted by atomic mass is 9.88. The molecular weight excluding hydrogens is 344 g/mol. The van der Waals surface area contributed by atoms with Gasteiger partial charge in [0.2, 0.25) is 5.91 Å². The first kappa shape index (κ1) is 19.3. The number of hydrogen-bond donors (Lipinski definition) is 1. The number of carbonyl (C=O) groups is 2. The van der Waals surface area contributed by atoms with Crippen LogP contribution in [0.3, 0.4) is 0 Å². The van der Waals surface area contributed by atoms with Crippen molar-refractivity contribution >= 4 is 23.6 Å². The molecule has 1 N–H and O–H groups in total. The lowest BCUT2D eigenvalue weighted by molar-refractivity contribution is -0.125. The molecule has 142 valence electrons. The van der Waals surface area contributed by atoms with Crippen molar-refractivity contribution in [3.63, 3.8) is 0 Å². The minimum Gasteiger partial charge on any atom is -0.352 e. The fourth-order valence-corrected chi connectivity index (χ4v) is 5.58. The Kier molecular flexibility index (Phi) is 6.63. The van der Waals surface area contributed by atoms with Gasteiger partial charge in [0, 0.05) is 17.4 Å². The van der Waals surface area contributed by atoms with E-state index in [1.165, 1.54) is 19.3 Å². The summed E-state index contributed by atoms with van der Waals surface area (Å²) in [5, 5.41) is 3.21. The van der Waals surface area contributed by atoms with E-state index in [1.54, 1.807) is 11.8 Å². The molecule has 3 atom stereocenters. The van der Waals surface area contributed by atoms with Crippen LogP contribution in [0.15, 0.2) is 30.3 Å². The maximum absolute atomic E-state index is 13.3. The first-order chi connectivity index (χ1) is 12.6. The van der Waals surface area contributed by atoms with Crippen molar-refractivity contribution in [2.24, 2.45) is 5.92 Å². The Hall–Kier alpha value is -1.49. The Morgan fingerprint density at radius 1 is 1.19 bits per heavy atom. The van der Waals surface area contributed by atoms with Crippen LogP contribution in [0.2, 0.25) is 0 Å². The van der Waals surface area contributed by atoms with Gasteiger partial charge in [-0.15, -0.1) is 11.8 Å². The minimum atomic E-state index is -0.367. The summed E-state index contributed by atoms with van der Waals surface area (Å²) in [6.45, 7) is 4.08. The van der Waals surface area contributed by atoms with Crippen LogP contribution >= 0.6 is 11.8 Å². The minimum absolute atomic E-state index is 0.00419. The number of hydrogen-bond acceptors (Lipinski definition) is 3. The van der Waals surface area contributed by atoms with Gasteiger partial charge in [0.25, 0.3) is 5.91 Å². The van der Waals surface area contributed by atoms with Gasteiger partial charge in [-0.05, 0) is 44.2 Å². The Balaban J connectivity index is 1.84. The van der Waals surface area contributed by atoms with E-state index in [0.717, 1.165) is 19.3 Å². The van der Waals surface area contributed by atoms with E-state index in [0.29, 0.717) is 17.2 Å². The van der Waals surface area contributed by atoms with Crippen LogP contribution in [-0.2, 0) is 4.79 Å². The van der Waals surface area contributed by atoms with E-state index in [2.05, 4.69) is 12.2 Å². The van der Waals surface area contributed by atoms with Crippen LogP contribution in [0, 0.1) is 5.92 Å². The van der Waals surface area contributed by atoms with Crippen LogP contribution in [-0.4, -0.2) is 39.9 Å². The summed E-state index contributed by atoms with van der Waals surface area (Å²) in [6.07, 6.45) is 6.98. The summed E-state index contributed by atoms with van der Waals surface area (Å²) in [4.78, 5) is 28.1. The molecule has 0 bridgehead atoms. The van der Waals surface area contributed by atoms with Gasteiger partial charge in [0.1, 0.15) is 6.04 Å². The standard InChI is InChI=1S/C21H30N2O2S/c1-3-15(2)22-19(24)18-14-26-21(17-12-8-5-9-13-17)23(18)20(25)16-10-6-4-7-11-16/h4,6-7,10-11,15,17-18,21H,3,5,8-9,12-14H2,1-2H3,(H,22,24)/t15-,18-,21-/m1/s1. The highest BCUT2D eigenvalue weighted by Gasteiger charge is 2.45. The molecule has 0 radical (unpaired) electrons. The molecule has 4 nitrogen and oxygen atoms in total. The van der Waals surface area contributed by atoms with Gasteiger partial charge in [0.15, 0.2) is 0 Å². The molecule has 1 saturated heterocycles. The lowest BCUT2D eigenvalue weighted by Crippen LogP contribution is -2.52. The number of rotatable bonds is 5. The predicted octanol–water partition coefficient (Wildman–Crippen LogP) is 4.07. The van der Waals surface area contributed by atoms with Crippen molar-refractivity contribution < 1.29 is 9.59 Å². The van der Waals surface area contributed by atoms with E-state index in [-0.39, 0.29) is 29.3 Å². The van der Waals surface area contributed by atoms with Gasteiger partial charge < -0.3 is 10.2 Å². The molecule has 1 aromatic carbocycles. The smallest absolute Gasteiger partial charge is 0.255 e. The third-order valence-corrected chi connectivity index (χ3v) is 7.11. The molecule has 0 aromatic heterocycles. The highest BCUT2D eigenvalue weighted by molar-refractivity contribution is 8.00. The van der Waals surface area contributed by atoms with Crippen molar-refractivity contribution in [1.82, 2.24) is 10.2 Å². The molecule has 26 heavy (non-hydrogen) atoms. The summed E-state index contributed by atoms with van der Waals surface area (Å²) < 4.78 is 0. The number of carbonyl (C=O) groups excluding carboxylic acids is 2. The monoisotopic (exact) mass is 374 g/mol. The van der Waals surface area contributed by atoms with Gasteiger partial charge in [-0.25, -0.2) is 0 Å². The highest BCUT2D eigenvalue weighted by Crippen LogP contribution is 2.41. The molecule has 1 aliphatic carbocycles. The van der Waals surface area contributed by atoms with Crippen LogP contribution in [0.4, 0.5) is 0 Å². The second-order valence-corrected chi connectivity index (χ2v) is 8.68. The van der Waals surface area contributed by atoms with Gasteiger partial charge in [-0.2, -0.15) is 0 Å². The van der Waals surface area contributed by atoms with E-state index in [1.807, 2.05) is 42.2 Å². The third-order valence-electron chi connectivity index (χ3n) is 5.65. The Morgan fingerprint density at radius 2 is 1.88 bits per heavy atom. The third kappa shape index (κ3) is 4.25. The second-order valence-electron chi connectivity index (χ2n) is 7.53. The fraction of sp³-hybridized carbons (Fsp3) is 0.619. The van der Waals surface area contributed by atoms with Crippen molar-refractivity contribution in [3.8, 4) is 0 Å². The molecule has 1 heterocycles. The predicted molar refractivity (Wildman–Crippen MR) is 107 cm³/mol. The van der Waals surface area contributed by atoms with Crippen molar-refractivity contribution in [1.29, 1.82) is 0 Å². The molecule has 1 aromatic rings. The lowest BCUT2D eigenvalue weighted by Gasteiger charge is -2.35. The van der Waals surface area contributed by atoms with Crippen molar-refractivity contribution in [2.45, 2.75) is 69.8 Å². The van der Waals surface area contributed by atoms with E-state index in [9.17, 15) is 9.59 Å². The zero-order valence-corrected chi connectivity index (χ0v) is 16.6. The topological polar surface area (TPSA) is 49.4 Å². The first-order valence-corrected chi connectivity index (χ1v) is 11.0. The molecule has 2 aliphatic rings. The Labute approximate surface area is 161 Å². The van der Waals surface area contributed by atoms with Gasteiger partial charge in [0.05, 0.1) is 5.37 Å². The number of thioether (sulfide) groups is 1. The molecular formula is C21H30N2O2S. The molecule has 1 aliphatic heterocycles. The number of amides is 2. The normalized spacial score (nSPS) is 25.1. The van der Waals surface area contributed by atoms with Gasteiger partial charge in [-0.3, -0.25) is 9.59 Å². The summed E-state index contributed by atoms with van der Waals surface area (Å²) in [7, 11) is 0. The average Bonchev–Trinajstić information content (AvgIpc) is 3.13. The summed E-state index contributed by atoms with van der Waals surface area (Å²) in [5.41, 5.74) is 0.678. The zero-order chi connectivity index (χ0) is 18.5. The maximum atomic E-state index is 13.3. The SMILES string of the molecule is CC[C@@H](C)NC(=O)[C@H]1CS[C@H](C2CCCCC2)N1C(=O)c1ccccc1. The van der Waals surface area contributed by atoms with Crippen LogP contribution in [0.1, 0.15) is 62.7 Å². The Bertz CT molecular complexity index is 616. The quantitative estimate of drug-likeness (QED) is 0.845. The molecule has 0 unspecified atom stereocenters. The van der Waals surface area contributed by atoms with E-state index in [4.69, 9.17) is 0 Å². The molecule has 0 spiro atoms. The van der Waals surface area contributed by atoms with E-state index >= 15 is 0 Å². The fourth-order valence-electron chi connectivity index (χ4n) is 3.94. The van der Waals surface area contributed by atoms with E-state index < -0.39 is 0 Å². The molecule has 5 heteroatoms. The maximum Gasteiger partial charge on any atom is 0.255 e. The molecule has 1 saturated carbocycles. The van der Waals surface area contributed by atoms with Crippen molar-refractivity contribution in [3.05, 3.63) is 35.9 Å². The van der Waals surface area contributed by atoms with Gasteiger partial charge >= 0.3 is 0 Å². The molecule has 2 fully saturated rings. The number of nitrogens with one attached hydrogen (secondary N) is 1. The summed E-state index contributed by atoms with van der Waals surface area (Å²) in [5.74, 6) is 1.19. The highest BCUT2D eigenvalue weighted by atomic mass is 32.2.